The van der Waals surface area contributed by atoms with Gasteiger partial charge < -0.3 is 10.6 Å². The number of carbonyl (C=O) groups is 1. The second kappa shape index (κ2) is 6.53. The van der Waals surface area contributed by atoms with Crippen molar-refractivity contribution in [3.8, 4) is 6.07 Å². The number of nitrogen functional groups attached to an aromatic ring is 1. The van der Waals surface area contributed by atoms with Crippen LogP contribution in [0.2, 0.25) is 0 Å². The molecular formula is C16H16N4O. The van der Waals surface area contributed by atoms with Gasteiger partial charge in [0.25, 0.3) is 5.91 Å². The van der Waals surface area contributed by atoms with Crippen molar-refractivity contribution in [2.45, 2.75) is 13.3 Å². The molecule has 0 aliphatic rings. The minimum Gasteiger partial charge on any atom is -0.399 e. The third-order valence-electron chi connectivity index (χ3n) is 2.99. The van der Waals surface area contributed by atoms with E-state index >= 15 is 0 Å². The number of hydrogen-bond donors (Lipinski definition) is 1. The summed E-state index contributed by atoms with van der Waals surface area (Å²) in [6.07, 6.45) is 2.22. The average Bonchev–Trinajstić information content (AvgIpc) is 2.52. The molecule has 2 aromatic rings. The Kier molecular flexibility index (Phi) is 4.52. The molecule has 0 unspecified atom stereocenters. The first-order valence-corrected chi connectivity index (χ1v) is 6.69. The number of nitrogens with two attached hydrogens (primary N) is 1. The number of carbonyl (C=O) groups excluding carboxylic acids is 1. The van der Waals surface area contributed by atoms with Gasteiger partial charge in [-0.25, -0.2) is 4.98 Å². The van der Waals surface area contributed by atoms with E-state index in [0.717, 1.165) is 12.1 Å². The molecule has 1 amide bonds. The summed E-state index contributed by atoms with van der Waals surface area (Å²) in [6, 6.07) is 12.3. The van der Waals surface area contributed by atoms with Crippen molar-refractivity contribution in [3.05, 3.63) is 53.9 Å². The largest absolute Gasteiger partial charge is 0.399 e. The zero-order chi connectivity index (χ0) is 15.2. The Labute approximate surface area is 123 Å². The lowest BCUT2D eigenvalue weighted by Gasteiger charge is -2.22. The lowest BCUT2D eigenvalue weighted by atomic mass is 10.2. The summed E-state index contributed by atoms with van der Waals surface area (Å²) < 4.78 is 0. The van der Waals surface area contributed by atoms with Crippen LogP contribution in [0.3, 0.4) is 0 Å². The van der Waals surface area contributed by atoms with E-state index in [2.05, 4.69) is 4.98 Å². The van der Waals surface area contributed by atoms with Crippen LogP contribution in [0.1, 0.15) is 29.4 Å². The van der Waals surface area contributed by atoms with E-state index < -0.39 is 0 Å². The molecule has 0 bridgehead atoms. The molecule has 1 aromatic heterocycles. The summed E-state index contributed by atoms with van der Waals surface area (Å²) in [6.45, 7) is 2.57. The molecule has 5 heteroatoms. The van der Waals surface area contributed by atoms with E-state index in [1.165, 1.54) is 6.20 Å². The molecule has 0 spiro atoms. The summed E-state index contributed by atoms with van der Waals surface area (Å²) in [5, 5.41) is 8.77. The normalized spacial score (nSPS) is 9.90. The van der Waals surface area contributed by atoms with Gasteiger partial charge in [-0.3, -0.25) is 4.79 Å². The highest BCUT2D eigenvalue weighted by molar-refractivity contribution is 6.05. The lowest BCUT2D eigenvalue weighted by Crippen LogP contribution is -2.32. The molecule has 0 saturated carbocycles. The van der Waals surface area contributed by atoms with Gasteiger partial charge in [0.2, 0.25) is 0 Å². The van der Waals surface area contributed by atoms with Gasteiger partial charge in [0, 0.05) is 24.1 Å². The number of aromatic nitrogens is 1. The third-order valence-corrected chi connectivity index (χ3v) is 2.99. The van der Waals surface area contributed by atoms with Crippen LogP contribution in [-0.4, -0.2) is 17.4 Å². The summed E-state index contributed by atoms with van der Waals surface area (Å²) in [4.78, 5) is 18.3. The summed E-state index contributed by atoms with van der Waals surface area (Å²) in [7, 11) is 0. The van der Waals surface area contributed by atoms with Gasteiger partial charge in [0.05, 0.1) is 5.56 Å². The second-order valence-corrected chi connectivity index (χ2v) is 4.60. The molecule has 0 radical (unpaired) electrons. The van der Waals surface area contributed by atoms with E-state index in [0.29, 0.717) is 23.5 Å². The Morgan fingerprint density at radius 2 is 2.19 bits per heavy atom. The topological polar surface area (TPSA) is 83.0 Å². The smallest absolute Gasteiger partial charge is 0.276 e. The SMILES string of the molecule is CCCN(C(=O)c1ccc(C#N)cn1)c1cccc(N)c1. The Hall–Kier alpha value is -2.87. The number of pyridine rings is 1. The number of nitrogens with zero attached hydrogens (tertiary/aromatic N) is 3. The average molecular weight is 280 g/mol. The Bertz CT molecular complexity index is 673. The number of benzene rings is 1. The van der Waals surface area contributed by atoms with E-state index in [1.807, 2.05) is 25.1 Å². The van der Waals surface area contributed by atoms with E-state index in [1.54, 1.807) is 29.2 Å². The summed E-state index contributed by atoms with van der Waals surface area (Å²) >= 11 is 0. The maximum atomic E-state index is 12.6. The van der Waals surface area contributed by atoms with Gasteiger partial charge in [0.15, 0.2) is 0 Å². The van der Waals surface area contributed by atoms with Gasteiger partial charge in [-0.2, -0.15) is 5.26 Å². The minimum atomic E-state index is -0.202. The fraction of sp³-hybridized carbons (Fsp3) is 0.188. The summed E-state index contributed by atoms with van der Waals surface area (Å²) in [5.74, 6) is -0.202. The van der Waals surface area contributed by atoms with Crippen molar-refractivity contribution in [1.82, 2.24) is 4.98 Å². The van der Waals surface area contributed by atoms with Crippen LogP contribution >= 0.6 is 0 Å². The molecule has 1 aromatic carbocycles. The first-order chi connectivity index (χ1) is 10.2. The second-order valence-electron chi connectivity index (χ2n) is 4.60. The van der Waals surface area contributed by atoms with E-state index in [-0.39, 0.29) is 5.91 Å². The number of rotatable bonds is 4. The van der Waals surface area contributed by atoms with Crippen molar-refractivity contribution in [1.29, 1.82) is 5.26 Å². The van der Waals surface area contributed by atoms with Gasteiger partial charge in [-0.1, -0.05) is 13.0 Å². The van der Waals surface area contributed by atoms with Gasteiger partial charge in [-0.15, -0.1) is 0 Å². The van der Waals surface area contributed by atoms with Crippen LogP contribution in [-0.2, 0) is 0 Å². The van der Waals surface area contributed by atoms with Crippen molar-refractivity contribution in [2.24, 2.45) is 0 Å². The monoisotopic (exact) mass is 280 g/mol. The highest BCUT2D eigenvalue weighted by atomic mass is 16.2. The van der Waals surface area contributed by atoms with Gasteiger partial charge in [0.1, 0.15) is 11.8 Å². The number of nitriles is 1. The Morgan fingerprint density at radius 1 is 1.38 bits per heavy atom. The van der Waals surface area contributed by atoms with E-state index in [9.17, 15) is 4.79 Å². The van der Waals surface area contributed by atoms with Crippen molar-refractivity contribution in [2.75, 3.05) is 17.2 Å². The van der Waals surface area contributed by atoms with Crippen LogP contribution in [0.25, 0.3) is 0 Å². The van der Waals surface area contributed by atoms with Crippen molar-refractivity contribution in [3.63, 3.8) is 0 Å². The number of anilines is 2. The van der Waals surface area contributed by atoms with Gasteiger partial charge >= 0.3 is 0 Å². The molecule has 0 saturated heterocycles. The van der Waals surface area contributed by atoms with Crippen LogP contribution in [0.4, 0.5) is 11.4 Å². The highest BCUT2D eigenvalue weighted by Crippen LogP contribution is 2.20. The van der Waals surface area contributed by atoms with Crippen LogP contribution in [0.5, 0.6) is 0 Å². The Morgan fingerprint density at radius 3 is 2.76 bits per heavy atom. The molecule has 2 rings (SSSR count). The molecule has 0 fully saturated rings. The first kappa shape index (κ1) is 14.5. The minimum absolute atomic E-state index is 0.202. The Balaban J connectivity index is 2.33. The quantitative estimate of drug-likeness (QED) is 0.872. The van der Waals surface area contributed by atoms with Crippen molar-refractivity contribution < 1.29 is 4.79 Å². The van der Waals surface area contributed by atoms with Crippen LogP contribution in [0.15, 0.2) is 42.6 Å². The molecule has 1 heterocycles. The molecule has 106 valence electrons. The molecule has 0 aliphatic heterocycles. The fourth-order valence-corrected chi connectivity index (χ4v) is 1.99. The van der Waals surface area contributed by atoms with Crippen LogP contribution in [0, 0.1) is 11.3 Å². The van der Waals surface area contributed by atoms with E-state index in [4.69, 9.17) is 11.0 Å². The zero-order valence-corrected chi connectivity index (χ0v) is 11.8. The fourth-order valence-electron chi connectivity index (χ4n) is 1.99. The summed E-state index contributed by atoms with van der Waals surface area (Å²) in [5.41, 5.74) is 7.87. The molecular weight excluding hydrogens is 264 g/mol. The predicted octanol–water partition coefficient (Wildman–Crippen LogP) is 2.59. The molecule has 0 aliphatic carbocycles. The van der Waals surface area contributed by atoms with Crippen LogP contribution < -0.4 is 10.6 Å². The maximum absolute atomic E-state index is 12.6. The number of amides is 1. The molecule has 0 atom stereocenters. The maximum Gasteiger partial charge on any atom is 0.276 e. The predicted molar refractivity (Wildman–Crippen MR) is 81.8 cm³/mol. The lowest BCUT2D eigenvalue weighted by molar-refractivity contribution is 0.0982. The first-order valence-electron chi connectivity index (χ1n) is 6.69. The molecule has 5 nitrogen and oxygen atoms in total. The highest BCUT2D eigenvalue weighted by Gasteiger charge is 2.18. The van der Waals surface area contributed by atoms with Crippen molar-refractivity contribution >= 4 is 17.3 Å². The zero-order valence-electron chi connectivity index (χ0n) is 11.8. The third kappa shape index (κ3) is 3.37. The molecule has 2 N–H and O–H groups in total. The standard InChI is InChI=1S/C16H16N4O/c1-2-8-20(14-5-3-4-13(18)9-14)16(21)15-7-6-12(10-17)11-19-15/h3-7,9,11H,2,8,18H2,1H3. The number of hydrogen-bond acceptors (Lipinski definition) is 4. The molecule has 21 heavy (non-hydrogen) atoms. The van der Waals surface area contributed by atoms with Gasteiger partial charge in [-0.05, 0) is 36.8 Å².